The van der Waals surface area contributed by atoms with Crippen LogP contribution in [0.1, 0.15) is 5.56 Å². The van der Waals surface area contributed by atoms with Gasteiger partial charge in [0.05, 0.1) is 10.1 Å². The van der Waals surface area contributed by atoms with Crippen LogP contribution in [0.5, 0.6) is 0 Å². The van der Waals surface area contributed by atoms with Crippen molar-refractivity contribution in [3.63, 3.8) is 0 Å². The van der Waals surface area contributed by atoms with Crippen LogP contribution in [0.15, 0.2) is 17.3 Å². The molecule has 0 saturated heterocycles. The van der Waals surface area contributed by atoms with Crippen molar-refractivity contribution in [1.82, 2.24) is 4.98 Å². The Morgan fingerprint density at radius 3 is 2.92 bits per heavy atom. The quantitative estimate of drug-likeness (QED) is 0.313. The molecule has 0 saturated carbocycles. The zero-order chi connectivity index (χ0) is 9.84. The van der Waals surface area contributed by atoms with Crippen LogP contribution in [0.2, 0.25) is 0 Å². The predicted octanol–water partition coefficient (Wildman–Crippen LogP) is 2.03. The first-order valence-corrected chi connectivity index (χ1v) is 3.75. The summed E-state index contributed by atoms with van der Waals surface area (Å²) in [6.45, 7) is 1.67. The molecule has 0 bridgehead atoms. The number of rotatable bonds is 2. The summed E-state index contributed by atoms with van der Waals surface area (Å²) in [4.78, 5) is 17.2. The van der Waals surface area contributed by atoms with Crippen LogP contribution in [-0.2, 0) is 0 Å². The topological polar surface area (TPSA) is 68.4 Å². The summed E-state index contributed by atoms with van der Waals surface area (Å²) < 4.78 is 0. The molecule has 6 heteroatoms. The third kappa shape index (κ3) is 2.14. The maximum atomic E-state index is 10.3. The molecule has 1 aromatic heterocycles. The summed E-state index contributed by atoms with van der Waals surface area (Å²) in [7, 11) is 0. The molecule has 0 amide bonds. The number of aliphatic imine (C=N–C) groups is 1. The molecule has 0 spiro atoms. The molecule has 0 aliphatic heterocycles. The largest absolute Gasteiger partial charge is 0.287 e. The Bertz CT molecular complexity index is 399. The molecule has 0 aliphatic carbocycles. The Labute approximate surface area is 79.3 Å². The monoisotopic (exact) mass is 195 g/mol. The Hall–Kier alpha value is -1.65. The third-order valence-electron chi connectivity index (χ3n) is 1.40. The van der Waals surface area contributed by atoms with Gasteiger partial charge in [-0.25, -0.2) is 4.98 Å². The summed E-state index contributed by atoms with van der Waals surface area (Å²) in [5, 5.41) is 12.5. The van der Waals surface area contributed by atoms with E-state index in [0.29, 0.717) is 11.4 Å². The minimum Gasteiger partial charge on any atom is -0.258 e. The van der Waals surface area contributed by atoms with E-state index in [0.717, 1.165) is 6.20 Å². The highest BCUT2D eigenvalue weighted by atomic mass is 32.1. The molecule has 0 aromatic carbocycles. The number of aryl methyl sites for hydroxylation is 1. The van der Waals surface area contributed by atoms with Gasteiger partial charge >= 0.3 is 0 Å². The lowest BCUT2D eigenvalue weighted by Crippen LogP contribution is -1.90. The Morgan fingerprint density at radius 1 is 1.77 bits per heavy atom. The van der Waals surface area contributed by atoms with Gasteiger partial charge in [-0.2, -0.15) is 4.99 Å². The van der Waals surface area contributed by atoms with Crippen molar-refractivity contribution in [3.05, 3.63) is 27.9 Å². The standard InChI is InChI=1S/C7H5N3O2S/c1-5-2-6(10(11)12)3-8-7(5)9-4-13/h2-3H,1H3. The Kier molecular flexibility index (Phi) is 2.79. The Balaban J connectivity index is 3.19. The average molecular weight is 195 g/mol. The van der Waals surface area contributed by atoms with Crippen molar-refractivity contribution in [2.75, 3.05) is 0 Å². The molecule has 1 aromatic rings. The van der Waals surface area contributed by atoms with Crippen LogP contribution in [0, 0.1) is 17.0 Å². The highest BCUT2D eigenvalue weighted by Crippen LogP contribution is 2.19. The van der Waals surface area contributed by atoms with E-state index in [1.165, 1.54) is 6.07 Å². The molecule has 0 radical (unpaired) electrons. The number of isothiocyanates is 1. The predicted molar refractivity (Wildman–Crippen MR) is 50.3 cm³/mol. The molecule has 0 unspecified atom stereocenters. The lowest BCUT2D eigenvalue weighted by atomic mass is 10.3. The van der Waals surface area contributed by atoms with Gasteiger partial charge in [-0.05, 0) is 19.1 Å². The minimum atomic E-state index is -0.509. The number of hydrogen-bond donors (Lipinski definition) is 0. The van der Waals surface area contributed by atoms with Crippen molar-refractivity contribution in [2.45, 2.75) is 6.92 Å². The van der Waals surface area contributed by atoms with E-state index in [1.807, 2.05) is 0 Å². The summed E-state index contributed by atoms with van der Waals surface area (Å²) >= 11 is 4.39. The number of nitro groups is 1. The van der Waals surface area contributed by atoms with Gasteiger partial charge in [0, 0.05) is 11.6 Å². The van der Waals surface area contributed by atoms with E-state index in [-0.39, 0.29) is 5.69 Å². The molecule has 0 fully saturated rings. The number of aromatic nitrogens is 1. The van der Waals surface area contributed by atoms with E-state index in [1.54, 1.807) is 6.92 Å². The summed E-state index contributed by atoms with van der Waals surface area (Å²) in [6.07, 6.45) is 1.14. The zero-order valence-electron chi connectivity index (χ0n) is 6.72. The molecule has 13 heavy (non-hydrogen) atoms. The van der Waals surface area contributed by atoms with Gasteiger partial charge < -0.3 is 0 Å². The molecule has 66 valence electrons. The van der Waals surface area contributed by atoms with Gasteiger partial charge in [-0.1, -0.05) is 0 Å². The van der Waals surface area contributed by atoms with Crippen LogP contribution >= 0.6 is 12.2 Å². The van der Waals surface area contributed by atoms with E-state index in [2.05, 4.69) is 27.4 Å². The molecular formula is C7H5N3O2S. The van der Waals surface area contributed by atoms with E-state index in [9.17, 15) is 10.1 Å². The number of nitrogens with zero attached hydrogens (tertiary/aromatic N) is 3. The normalized spacial score (nSPS) is 9.00. The summed E-state index contributed by atoms with van der Waals surface area (Å²) in [6, 6.07) is 1.39. The molecule has 0 N–H and O–H groups in total. The molecule has 0 atom stereocenters. The molecule has 1 rings (SSSR count). The SMILES string of the molecule is Cc1cc([N+](=O)[O-])cnc1N=C=S. The Morgan fingerprint density at radius 2 is 2.46 bits per heavy atom. The second-order valence-electron chi connectivity index (χ2n) is 2.29. The fourth-order valence-corrected chi connectivity index (χ4v) is 0.899. The second kappa shape index (κ2) is 3.84. The van der Waals surface area contributed by atoms with E-state index < -0.39 is 4.92 Å². The van der Waals surface area contributed by atoms with Gasteiger partial charge in [0.15, 0.2) is 5.82 Å². The van der Waals surface area contributed by atoms with Gasteiger partial charge in [-0.3, -0.25) is 10.1 Å². The summed E-state index contributed by atoms with van der Waals surface area (Å²) in [5.74, 6) is 0.362. The van der Waals surface area contributed by atoms with Crippen LogP contribution in [-0.4, -0.2) is 15.1 Å². The highest BCUT2D eigenvalue weighted by Gasteiger charge is 2.08. The average Bonchev–Trinajstić information content (AvgIpc) is 2.08. The first-order valence-electron chi connectivity index (χ1n) is 3.34. The minimum absolute atomic E-state index is 0.0548. The van der Waals surface area contributed by atoms with Crippen LogP contribution in [0.4, 0.5) is 11.5 Å². The van der Waals surface area contributed by atoms with Gasteiger partial charge in [-0.15, -0.1) is 0 Å². The number of thiocarbonyl (C=S) groups is 1. The molecular weight excluding hydrogens is 190 g/mol. The first kappa shape index (κ1) is 9.44. The van der Waals surface area contributed by atoms with E-state index >= 15 is 0 Å². The van der Waals surface area contributed by atoms with Crippen molar-refractivity contribution in [3.8, 4) is 0 Å². The van der Waals surface area contributed by atoms with Crippen LogP contribution < -0.4 is 0 Å². The maximum absolute atomic E-state index is 10.3. The highest BCUT2D eigenvalue weighted by molar-refractivity contribution is 7.78. The zero-order valence-corrected chi connectivity index (χ0v) is 7.54. The fourth-order valence-electron chi connectivity index (χ4n) is 0.813. The van der Waals surface area contributed by atoms with Gasteiger partial charge in [0.1, 0.15) is 6.20 Å². The molecule has 1 heterocycles. The fraction of sp³-hybridized carbons (Fsp3) is 0.143. The lowest BCUT2D eigenvalue weighted by Gasteiger charge is -1.95. The maximum Gasteiger partial charge on any atom is 0.287 e. The number of hydrogen-bond acceptors (Lipinski definition) is 5. The van der Waals surface area contributed by atoms with Crippen molar-refractivity contribution >= 4 is 28.9 Å². The molecule has 5 nitrogen and oxygen atoms in total. The van der Waals surface area contributed by atoms with Gasteiger partial charge in [0.2, 0.25) is 0 Å². The van der Waals surface area contributed by atoms with Crippen molar-refractivity contribution in [2.24, 2.45) is 4.99 Å². The third-order valence-corrected chi connectivity index (χ3v) is 1.49. The molecule has 0 aliphatic rings. The lowest BCUT2D eigenvalue weighted by molar-refractivity contribution is -0.385. The van der Waals surface area contributed by atoms with Crippen LogP contribution in [0.25, 0.3) is 0 Å². The van der Waals surface area contributed by atoms with Gasteiger partial charge in [0.25, 0.3) is 5.69 Å². The summed E-state index contributed by atoms with van der Waals surface area (Å²) in [5.41, 5.74) is 0.548. The number of pyridine rings is 1. The van der Waals surface area contributed by atoms with Crippen molar-refractivity contribution in [1.29, 1.82) is 0 Å². The van der Waals surface area contributed by atoms with Crippen molar-refractivity contribution < 1.29 is 4.92 Å². The second-order valence-corrected chi connectivity index (χ2v) is 2.48. The smallest absolute Gasteiger partial charge is 0.258 e. The first-order chi connectivity index (χ1) is 6.15. The van der Waals surface area contributed by atoms with Crippen LogP contribution in [0.3, 0.4) is 0 Å². The van der Waals surface area contributed by atoms with E-state index in [4.69, 9.17) is 0 Å².